The quantitative estimate of drug-likeness (QED) is 0.650. The highest BCUT2D eigenvalue weighted by Crippen LogP contribution is 2.45. The van der Waals surface area contributed by atoms with Crippen molar-refractivity contribution in [2.75, 3.05) is 19.6 Å². The van der Waals surface area contributed by atoms with Crippen LogP contribution in [0.3, 0.4) is 0 Å². The summed E-state index contributed by atoms with van der Waals surface area (Å²) in [6.45, 7) is 7.01. The summed E-state index contributed by atoms with van der Waals surface area (Å²) >= 11 is 0. The Morgan fingerprint density at radius 1 is 1.15 bits per heavy atom. The van der Waals surface area contributed by atoms with Crippen LogP contribution in [-0.2, 0) is 13.1 Å². The Kier molecular flexibility index (Phi) is 5.46. The molecule has 0 amide bonds. The summed E-state index contributed by atoms with van der Waals surface area (Å²) in [4.78, 5) is 11.5. The standard InChI is InChI=1S/C22H31N5/c1-2-24-21(27-13-11-22(17-27)9-3-4-10-22)25-15-19-5-7-20(8-6-19)16-26-14-12-23-18-26/h5-8,12,14,18H,2-4,9-11,13,15-17H2,1H3,(H,24,25). The fourth-order valence-corrected chi connectivity index (χ4v) is 4.58. The van der Waals surface area contributed by atoms with Gasteiger partial charge in [0.05, 0.1) is 12.9 Å². The van der Waals surface area contributed by atoms with Crippen LogP contribution in [-0.4, -0.2) is 40.0 Å². The van der Waals surface area contributed by atoms with E-state index in [2.05, 4.69) is 51.0 Å². The van der Waals surface area contributed by atoms with Gasteiger partial charge in [0.25, 0.3) is 0 Å². The highest BCUT2D eigenvalue weighted by atomic mass is 15.3. The molecule has 4 rings (SSSR count). The number of guanidine groups is 1. The molecule has 27 heavy (non-hydrogen) atoms. The number of nitrogens with zero attached hydrogens (tertiary/aromatic N) is 4. The first kappa shape index (κ1) is 18.1. The molecule has 1 aliphatic heterocycles. The second kappa shape index (κ2) is 8.15. The smallest absolute Gasteiger partial charge is 0.194 e. The van der Waals surface area contributed by atoms with Crippen LogP contribution < -0.4 is 5.32 Å². The number of benzene rings is 1. The summed E-state index contributed by atoms with van der Waals surface area (Å²) in [6.07, 6.45) is 12.6. The number of imidazole rings is 1. The highest BCUT2D eigenvalue weighted by Gasteiger charge is 2.41. The van der Waals surface area contributed by atoms with Gasteiger partial charge in [-0.05, 0) is 42.7 Å². The molecular weight excluding hydrogens is 334 g/mol. The zero-order chi connectivity index (χ0) is 18.5. The van der Waals surface area contributed by atoms with Crippen LogP contribution in [0.4, 0.5) is 0 Å². The zero-order valence-corrected chi connectivity index (χ0v) is 16.4. The van der Waals surface area contributed by atoms with E-state index >= 15 is 0 Å². The molecule has 1 spiro atoms. The highest BCUT2D eigenvalue weighted by molar-refractivity contribution is 5.80. The third-order valence-electron chi connectivity index (χ3n) is 6.10. The number of hydrogen-bond acceptors (Lipinski definition) is 2. The largest absolute Gasteiger partial charge is 0.357 e. The Bertz CT molecular complexity index is 742. The van der Waals surface area contributed by atoms with E-state index in [0.717, 1.165) is 32.1 Å². The van der Waals surface area contributed by atoms with E-state index in [1.54, 1.807) is 0 Å². The normalized spacial score (nSPS) is 19.1. The summed E-state index contributed by atoms with van der Waals surface area (Å²) < 4.78 is 2.09. The molecule has 2 fully saturated rings. The Morgan fingerprint density at radius 3 is 2.63 bits per heavy atom. The molecular formula is C22H31N5. The first-order valence-corrected chi connectivity index (χ1v) is 10.3. The second-order valence-corrected chi connectivity index (χ2v) is 8.10. The molecule has 144 valence electrons. The van der Waals surface area contributed by atoms with Gasteiger partial charge in [-0.3, -0.25) is 0 Å². The molecule has 0 radical (unpaired) electrons. The average Bonchev–Trinajstić information content (AvgIpc) is 3.44. The van der Waals surface area contributed by atoms with E-state index < -0.39 is 0 Å². The van der Waals surface area contributed by atoms with Crippen LogP contribution in [0.2, 0.25) is 0 Å². The van der Waals surface area contributed by atoms with Crippen LogP contribution >= 0.6 is 0 Å². The van der Waals surface area contributed by atoms with Gasteiger partial charge in [0.15, 0.2) is 5.96 Å². The molecule has 2 aliphatic rings. The number of rotatable bonds is 5. The molecule has 5 nitrogen and oxygen atoms in total. The maximum absolute atomic E-state index is 4.94. The molecule has 1 N–H and O–H groups in total. The van der Waals surface area contributed by atoms with Gasteiger partial charge in [-0.15, -0.1) is 0 Å². The Morgan fingerprint density at radius 2 is 1.93 bits per heavy atom. The predicted molar refractivity (Wildman–Crippen MR) is 110 cm³/mol. The van der Waals surface area contributed by atoms with Crippen molar-refractivity contribution in [2.45, 2.75) is 52.1 Å². The molecule has 5 heteroatoms. The minimum atomic E-state index is 0.575. The molecule has 1 aliphatic carbocycles. The molecule has 0 atom stereocenters. The van der Waals surface area contributed by atoms with Gasteiger partial charge in [0.1, 0.15) is 0 Å². The van der Waals surface area contributed by atoms with E-state index in [-0.39, 0.29) is 0 Å². The fourth-order valence-electron chi connectivity index (χ4n) is 4.58. The Labute approximate surface area is 162 Å². The molecule has 1 aromatic carbocycles. The summed E-state index contributed by atoms with van der Waals surface area (Å²) in [5.74, 6) is 1.09. The fraction of sp³-hybridized carbons (Fsp3) is 0.545. The lowest BCUT2D eigenvalue weighted by atomic mass is 9.86. The Balaban J connectivity index is 1.38. The first-order valence-electron chi connectivity index (χ1n) is 10.3. The van der Waals surface area contributed by atoms with Crippen molar-refractivity contribution in [1.82, 2.24) is 19.8 Å². The SMILES string of the molecule is CCNC(=NCc1ccc(Cn2ccnc2)cc1)N1CCC2(CCCC2)C1. The van der Waals surface area contributed by atoms with Crippen molar-refractivity contribution in [1.29, 1.82) is 0 Å². The predicted octanol–water partition coefficient (Wildman–Crippen LogP) is 3.66. The third kappa shape index (κ3) is 4.34. The van der Waals surface area contributed by atoms with E-state index in [1.165, 1.54) is 49.8 Å². The summed E-state index contributed by atoms with van der Waals surface area (Å²) in [5.41, 5.74) is 3.12. The van der Waals surface area contributed by atoms with Gasteiger partial charge in [-0.25, -0.2) is 9.98 Å². The van der Waals surface area contributed by atoms with Crippen molar-refractivity contribution in [3.63, 3.8) is 0 Å². The number of nitrogens with one attached hydrogen (secondary N) is 1. The second-order valence-electron chi connectivity index (χ2n) is 8.10. The summed E-state index contributed by atoms with van der Waals surface area (Å²) in [6, 6.07) is 8.78. The van der Waals surface area contributed by atoms with Gasteiger partial charge < -0.3 is 14.8 Å². The lowest BCUT2D eigenvalue weighted by Crippen LogP contribution is -2.41. The zero-order valence-electron chi connectivity index (χ0n) is 16.4. The van der Waals surface area contributed by atoms with Crippen molar-refractivity contribution in [2.24, 2.45) is 10.4 Å². The molecule has 1 aromatic heterocycles. The van der Waals surface area contributed by atoms with Crippen LogP contribution in [0.25, 0.3) is 0 Å². The minimum absolute atomic E-state index is 0.575. The molecule has 0 bridgehead atoms. The van der Waals surface area contributed by atoms with Crippen LogP contribution in [0, 0.1) is 5.41 Å². The van der Waals surface area contributed by atoms with Crippen LogP contribution in [0.1, 0.15) is 50.2 Å². The number of aromatic nitrogens is 2. The van der Waals surface area contributed by atoms with E-state index in [1.807, 2.05) is 18.7 Å². The van der Waals surface area contributed by atoms with E-state index in [9.17, 15) is 0 Å². The van der Waals surface area contributed by atoms with Gasteiger partial charge in [0.2, 0.25) is 0 Å². The van der Waals surface area contributed by atoms with Crippen molar-refractivity contribution in [3.8, 4) is 0 Å². The maximum atomic E-state index is 4.94. The maximum Gasteiger partial charge on any atom is 0.194 e. The molecule has 2 aromatic rings. The molecule has 0 unspecified atom stereocenters. The number of hydrogen-bond donors (Lipinski definition) is 1. The van der Waals surface area contributed by atoms with Gasteiger partial charge in [0, 0.05) is 38.6 Å². The minimum Gasteiger partial charge on any atom is -0.357 e. The van der Waals surface area contributed by atoms with Crippen molar-refractivity contribution in [3.05, 3.63) is 54.1 Å². The molecule has 2 heterocycles. The Hall–Kier alpha value is -2.30. The summed E-state index contributed by atoms with van der Waals surface area (Å²) in [5, 5.41) is 3.51. The van der Waals surface area contributed by atoms with Crippen LogP contribution in [0.5, 0.6) is 0 Å². The third-order valence-corrected chi connectivity index (χ3v) is 6.10. The summed E-state index contributed by atoms with van der Waals surface area (Å²) in [7, 11) is 0. The van der Waals surface area contributed by atoms with Gasteiger partial charge in [-0.1, -0.05) is 37.1 Å². The first-order chi connectivity index (χ1) is 13.3. The lowest BCUT2D eigenvalue weighted by molar-refractivity contribution is 0.309. The lowest BCUT2D eigenvalue weighted by Gasteiger charge is -2.26. The van der Waals surface area contributed by atoms with Crippen molar-refractivity contribution >= 4 is 5.96 Å². The van der Waals surface area contributed by atoms with E-state index in [4.69, 9.17) is 4.99 Å². The van der Waals surface area contributed by atoms with Crippen LogP contribution in [0.15, 0.2) is 48.0 Å². The van der Waals surface area contributed by atoms with Crippen molar-refractivity contribution < 1.29 is 0 Å². The topological polar surface area (TPSA) is 45.5 Å². The number of aliphatic imine (C=N–C) groups is 1. The molecule has 1 saturated heterocycles. The monoisotopic (exact) mass is 365 g/mol. The van der Waals surface area contributed by atoms with E-state index in [0.29, 0.717) is 5.41 Å². The average molecular weight is 366 g/mol. The molecule has 1 saturated carbocycles. The van der Waals surface area contributed by atoms with Gasteiger partial charge >= 0.3 is 0 Å². The van der Waals surface area contributed by atoms with Gasteiger partial charge in [-0.2, -0.15) is 0 Å². The number of likely N-dealkylation sites (tertiary alicyclic amines) is 1.